The van der Waals surface area contributed by atoms with Crippen molar-refractivity contribution in [1.29, 1.82) is 0 Å². The summed E-state index contributed by atoms with van der Waals surface area (Å²) in [5.74, 6) is 0. The molecule has 2 heteroatoms. The number of rotatable bonds is 5. The molecule has 2 rings (SSSR count). The Balaban J connectivity index is 2.05. The third-order valence-corrected chi connectivity index (χ3v) is 2.52. The average Bonchev–Trinajstić information content (AvgIpc) is 2.34. The minimum atomic E-state index is 0.901. The van der Waals surface area contributed by atoms with E-state index in [1.807, 2.05) is 18.3 Å². The first-order valence-corrected chi connectivity index (χ1v) is 5.55. The van der Waals surface area contributed by atoms with E-state index in [-0.39, 0.29) is 0 Å². The monoisotopic (exact) mass is 212 g/mol. The fraction of sp³-hybridized carbons (Fsp3) is 0.214. The molecule has 0 amide bonds. The second-order valence-corrected chi connectivity index (χ2v) is 3.78. The lowest BCUT2D eigenvalue weighted by atomic mass is 10.1. The first-order valence-electron chi connectivity index (χ1n) is 5.55. The van der Waals surface area contributed by atoms with Crippen LogP contribution in [-0.2, 0) is 6.54 Å². The summed E-state index contributed by atoms with van der Waals surface area (Å²) in [5, 5.41) is 4.58. The molecule has 16 heavy (non-hydrogen) atoms. The number of pyridine rings is 1. The predicted octanol–water partition coefficient (Wildman–Crippen LogP) is 2.90. The van der Waals surface area contributed by atoms with Gasteiger partial charge in [0.05, 0.1) is 5.52 Å². The highest BCUT2D eigenvalue weighted by Gasteiger charge is 1.96. The molecule has 2 nitrogen and oxygen atoms in total. The number of benzene rings is 1. The van der Waals surface area contributed by atoms with E-state index in [0.29, 0.717) is 0 Å². The Hall–Kier alpha value is -1.67. The third kappa shape index (κ3) is 2.67. The molecule has 0 aliphatic rings. The molecule has 0 bridgehead atoms. The lowest BCUT2D eigenvalue weighted by molar-refractivity contribution is 0.696. The Morgan fingerprint density at radius 1 is 1.31 bits per heavy atom. The molecule has 0 aliphatic heterocycles. The van der Waals surface area contributed by atoms with Gasteiger partial charge in [0, 0.05) is 18.1 Å². The van der Waals surface area contributed by atoms with Crippen LogP contribution >= 0.6 is 0 Å². The normalized spacial score (nSPS) is 10.5. The molecule has 0 unspecified atom stereocenters. The molecule has 0 atom stereocenters. The fourth-order valence-corrected chi connectivity index (χ4v) is 1.67. The third-order valence-electron chi connectivity index (χ3n) is 2.52. The van der Waals surface area contributed by atoms with Crippen molar-refractivity contribution in [2.75, 3.05) is 6.54 Å². The number of aromatic nitrogens is 1. The highest BCUT2D eigenvalue weighted by atomic mass is 14.8. The molecular weight excluding hydrogens is 196 g/mol. The number of hydrogen-bond donors (Lipinski definition) is 1. The minimum Gasteiger partial charge on any atom is -0.312 e. The molecular formula is C14H16N2. The van der Waals surface area contributed by atoms with E-state index in [1.165, 1.54) is 10.9 Å². The van der Waals surface area contributed by atoms with Crippen molar-refractivity contribution in [2.45, 2.75) is 13.0 Å². The average molecular weight is 212 g/mol. The summed E-state index contributed by atoms with van der Waals surface area (Å²) in [4.78, 5) is 4.30. The summed E-state index contributed by atoms with van der Waals surface area (Å²) >= 11 is 0. The van der Waals surface area contributed by atoms with Crippen LogP contribution in [0.3, 0.4) is 0 Å². The maximum Gasteiger partial charge on any atom is 0.0702 e. The lowest BCUT2D eigenvalue weighted by Gasteiger charge is -2.04. The van der Waals surface area contributed by atoms with Crippen LogP contribution in [0.25, 0.3) is 10.9 Å². The Labute approximate surface area is 96.0 Å². The molecule has 0 fully saturated rings. The zero-order valence-corrected chi connectivity index (χ0v) is 9.32. The van der Waals surface area contributed by atoms with E-state index in [2.05, 4.69) is 41.1 Å². The van der Waals surface area contributed by atoms with Crippen molar-refractivity contribution in [3.63, 3.8) is 0 Å². The molecule has 82 valence electrons. The molecule has 2 aromatic rings. The highest BCUT2D eigenvalue weighted by molar-refractivity contribution is 5.78. The van der Waals surface area contributed by atoms with Crippen LogP contribution < -0.4 is 5.32 Å². The maximum absolute atomic E-state index is 4.30. The van der Waals surface area contributed by atoms with E-state index in [4.69, 9.17) is 0 Å². The van der Waals surface area contributed by atoms with E-state index in [0.717, 1.165) is 25.0 Å². The van der Waals surface area contributed by atoms with Crippen molar-refractivity contribution in [2.24, 2.45) is 0 Å². The van der Waals surface area contributed by atoms with Crippen LogP contribution in [0.2, 0.25) is 0 Å². The van der Waals surface area contributed by atoms with E-state index >= 15 is 0 Å². The number of nitrogens with one attached hydrogen (secondary N) is 1. The second kappa shape index (κ2) is 5.42. The van der Waals surface area contributed by atoms with Crippen LogP contribution in [0.4, 0.5) is 0 Å². The quantitative estimate of drug-likeness (QED) is 0.609. The van der Waals surface area contributed by atoms with Crippen molar-refractivity contribution in [3.8, 4) is 0 Å². The van der Waals surface area contributed by atoms with Crippen LogP contribution in [0.15, 0.2) is 49.2 Å². The van der Waals surface area contributed by atoms with Gasteiger partial charge in [-0.3, -0.25) is 4.98 Å². The summed E-state index contributed by atoms with van der Waals surface area (Å²) < 4.78 is 0. The Kier molecular flexibility index (Phi) is 3.67. The highest BCUT2D eigenvalue weighted by Crippen LogP contribution is 2.12. The first-order chi connectivity index (χ1) is 7.90. The maximum atomic E-state index is 4.30. The summed E-state index contributed by atoms with van der Waals surface area (Å²) in [7, 11) is 0. The van der Waals surface area contributed by atoms with E-state index in [1.54, 1.807) is 0 Å². The molecule has 1 aromatic heterocycles. The Morgan fingerprint density at radius 2 is 2.25 bits per heavy atom. The molecule has 0 saturated carbocycles. The second-order valence-electron chi connectivity index (χ2n) is 3.78. The molecule has 0 aliphatic carbocycles. The summed E-state index contributed by atoms with van der Waals surface area (Å²) in [6.45, 7) is 5.58. The standard InChI is InChI=1S/C14H16N2/c1-2-3-8-15-11-12-6-7-14-13(10-12)5-4-9-16-14/h2,4-7,9-10,15H,1,3,8,11H2. The Morgan fingerprint density at radius 3 is 3.12 bits per heavy atom. The lowest BCUT2D eigenvalue weighted by Crippen LogP contribution is -2.13. The van der Waals surface area contributed by atoms with Crippen molar-refractivity contribution >= 4 is 10.9 Å². The van der Waals surface area contributed by atoms with Crippen LogP contribution in [0.1, 0.15) is 12.0 Å². The number of nitrogens with zero attached hydrogens (tertiary/aromatic N) is 1. The number of hydrogen-bond acceptors (Lipinski definition) is 2. The molecule has 0 saturated heterocycles. The molecule has 1 heterocycles. The van der Waals surface area contributed by atoms with E-state index < -0.39 is 0 Å². The molecule has 1 aromatic carbocycles. The van der Waals surface area contributed by atoms with Crippen molar-refractivity contribution in [1.82, 2.24) is 10.3 Å². The van der Waals surface area contributed by atoms with Crippen molar-refractivity contribution in [3.05, 3.63) is 54.7 Å². The summed E-state index contributed by atoms with van der Waals surface area (Å²) in [6.07, 6.45) is 4.76. The summed E-state index contributed by atoms with van der Waals surface area (Å²) in [5.41, 5.74) is 2.35. The van der Waals surface area contributed by atoms with Gasteiger partial charge in [-0.15, -0.1) is 6.58 Å². The summed E-state index contributed by atoms with van der Waals surface area (Å²) in [6, 6.07) is 10.4. The van der Waals surface area contributed by atoms with Gasteiger partial charge in [-0.25, -0.2) is 0 Å². The van der Waals surface area contributed by atoms with Gasteiger partial charge in [0.2, 0.25) is 0 Å². The van der Waals surface area contributed by atoms with Gasteiger partial charge < -0.3 is 5.32 Å². The zero-order chi connectivity index (χ0) is 11.2. The largest absolute Gasteiger partial charge is 0.312 e. The smallest absolute Gasteiger partial charge is 0.0702 e. The minimum absolute atomic E-state index is 0.901. The van der Waals surface area contributed by atoms with Gasteiger partial charge in [-0.1, -0.05) is 18.2 Å². The van der Waals surface area contributed by atoms with Gasteiger partial charge in [-0.2, -0.15) is 0 Å². The zero-order valence-electron chi connectivity index (χ0n) is 9.32. The predicted molar refractivity (Wildman–Crippen MR) is 68.3 cm³/mol. The topological polar surface area (TPSA) is 24.9 Å². The number of fused-ring (bicyclic) bond motifs is 1. The van der Waals surface area contributed by atoms with Gasteiger partial charge in [0.15, 0.2) is 0 Å². The first kappa shape index (κ1) is 10.8. The van der Waals surface area contributed by atoms with Crippen molar-refractivity contribution < 1.29 is 0 Å². The fourth-order valence-electron chi connectivity index (χ4n) is 1.67. The van der Waals surface area contributed by atoms with Crippen LogP contribution in [0, 0.1) is 0 Å². The molecule has 1 N–H and O–H groups in total. The van der Waals surface area contributed by atoms with Gasteiger partial charge in [0.25, 0.3) is 0 Å². The SMILES string of the molecule is C=CCCNCc1ccc2ncccc2c1. The van der Waals surface area contributed by atoms with Crippen LogP contribution in [0.5, 0.6) is 0 Å². The van der Waals surface area contributed by atoms with Gasteiger partial charge in [-0.05, 0) is 36.7 Å². The molecule has 0 spiro atoms. The van der Waals surface area contributed by atoms with E-state index in [9.17, 15) is 0 Å². The van der Waals surface area contributed by atoms with Gasteiger partial charge >= 0.3 is 0 Å². The van der Waals surface area contributed by atoms with Gasteiger partial charge in [0.1, 0.15) is 0 Å². The van der Waals surface area contributed by atoms with Crippen LogP contribution in [-0.4, -0.2) is 11.5 Å². The molecule has 0 radical (unpaired) electrons. The Bertz CT molecular complexity index is 477.